The van der Waals surface area contributed by atoms with Gasteiger partial charge in [0.2, 0.25) is 0 Å². The van der Waals surface area contributed by atoms with E-state index in [1.54, 1.807) is 0 Å². The Morgan fingerprint density at radius 3 is 3.05 bits per heavy atom. The number of aromatic amines is 1. The molecule has 0 amide bonds. The molecule has 116 valence electrons. The first-order chi connectivity index (χ1) is 10.8. The number of rotatable bonds is 3. The van der Waals surface area contributed by atoms with E-state index in [1.807, 2.05) is 6.08 Å². The van der Waals surface area contributed by atoms with E-state index >= 15 is 0 Å². The van der Waals surface area contributed by atoms with Crippen molar-refractivity contribution in [1.29, 1.82) is 0 Å². The third kappa shape index (κ3) is 2.11. The number of hydrogen-bond acceptors (Lipinski definition) is 2. The number of H-pyrrole nitrogens is 1. The topological polar surface area (TPSA) is 39.3 Å². The van der Waals surface area contributed by atoms with Crippen molar-refractivity contribution in [1.82, 2.24) is 9.88 Å². The molecule has 4 rings (SSSR count). The molecule has 2 aliphatic heterocycles. The molecule has 2 aromatic rings. The molecule has 1 fully saturated rings. The minimum Gasteiger partial charge on any atom is -0.396 e. The standard InChI is InChI=1S/C19H24N2O/c1-2-13(12-22)14-7-9-21-10-8-16-15-5-3-4-6-17(15)20-19(16)18(21)11-14/h2-6,13-14,18,20,22H,1,7-12H2/t13-,14+,18-/m0/s1. The Labute approximate surface area is 131 Å². The smallest absolute Gasteiger partial charge is 0.0504 e. The molecular formula is C19H24N2O. The molecule has 0 aliphatic carbocycles. The molecule has 22 heavy (non-hydrogen) atoms. The Balaban J connectivity index is 1.70. The zero-order valence-corrected chi connectivity index (χ0v) is 13.0. The number of benzene rings is 1. The number of aromatic nitrogens is 1. The molecule has 3 atom stereocenters. The summed E-state index contributed by atoms with van der Waals surface area (Å²) in [6.07, 6.45) is 5.38. The zero-order valence-electron chi connectivity index (χ0n) is 13.0. The molecule has 2 N–H and O–H groups in total. The number of hydrogen-bond donors (Lipinski definition) is 2. The second kappa shape index (κ2) is 5.56. The average molecular weight is 296 g/mol. The van der Waals surface area contributed by atoms with Gasteiger partial charge in [-0.05, 0) is 43.4 Å². The molecule has 0 saturated carbocycles. The lowest BCUT2D eigenvalue weighted by Crippen LogP contribution is -2.43. The summed E-state index contributed by atoms with van der Waals surface area (Å²) in [6.45, 7) is 6.42. The normalized spacial score (nSPS) is 26.4. The fourth-order valence-electron chi connectivity index (χ4n) is 4.44. The average Bonchev–Trinajstić information content (AvgIpc) is 2.95. The van der Waals surface area contributed by atoms with Crippen molar-refractivity contribution in [3.8, 4) is 0 Å². The summed E-state index contributed by atoms with van der Waals surface area (Å²) in [5.74, 6) is 0.776. The molecule has 3 heteroatoms. The van der Waals surface area contributed by atoms with E-state index < -0.39 is 0 Å². The van der Waals surface area contributed by atoms with Gasteiger partial charge in [0.1, 0.15) is 0 Å². The van der Waals surface area contributed by atoms with Crippen molar-refractivity contribution in [3.05, 3.63) is 48.2 Å². The Morgan fingerprint density at radius 2 is 2.23 bits per heavy atom. The fourth-order valence-corrected chi connectivity index (χ4v) is 4.44. The van der Waals surface area contributed by atoms with Crippen LogP contribution in [0.1, 0.15) is 30.1 Å². The first-order valence-electron chi connectivity index (χ1n) is 8.38. The van der Waals surface area contributed by atoms with Crippen LogP contribution in [0.5, 0.6) is 0 Å². The van der Waals surface area contributed by atoms with Crippen molar-refractivity contribution in [2.24, 2.45) is 11.8 Å². The SMILES string of the molecule is C=C[C@@H](CO)[C@@H]1CCN2CCc3c([nH]c4ccccc34)[C@@H]2C1. The third-order valence-corrected chi connectivity index (χ3v) is 5.70. The van der Waals surface area contributed by atoms with E-state index in [0.717, 1.165) is 25.9 Å². The molecule has 3 heterocycles. The summed E-state index contributed by atoms with van der Waals surface area (Å²) in [5, 5.41) is 11.0. The lowest BCUT2D eigenvalue weighted by molar-refractivity contribution is 0.0704. The lowest BCUT2D eigenvalue weighted by atomic mass is 9.78. The first-order valence-corrected chi connectivity index (χ1v) is 8.38. The summed E-state index contributed by atoms with van der Waals surface area (Å²) < 4.78 is 0. The predicted octanol–water partition coefficient (Wildman–Crippen LogP) is 3.27. The van der Waals surface area contributed by atoms with Crippen LogP contribution < -0.4 is 0 Å². The molecule has 1 aromatic carbocycles. The lowest BCUT2D eigenvalue weighted by Gasteiger charge is -2.43. The van der Waals surface area contributed by atoms with E-state index in [-0.39, 0.29) is 12.5 Å². The molecule has 0 bridgehead atoms. The van der Waals surface area contributed by atoms with Crippen LogP contribution in [-0.4, -0.2) is 34.7 Å². The summed E-state index contributed by atoms with van der Waals surface area (Å²) in [6, 6.07) is 9.13. The first kappa shape index (κ1) is 14.0. The number of nitrogens with zero attached hydrogens (tertiary/aromatic N) is 1. The molecule has 1 saturated heterocycles. The summed E-state index contributed by atoms with van der Waals surface area (Å²) in [4.78, 5) is 6.30. The maximum absolute atomic E-state index is 9.59. The minimum absolute atomic E-state index is 0.223. The molecule has 2 aliphatic rings. The van der Waals surface area contributed by atoms with E-state index in [4.69, 9.17) is 0 Å². The van der Waals surface area contributed by atoms with Crippen molar-refractivity contribution < 1.29 is 5.11 Å². The Bertz CT molecular complexity index is 690. The van der Waals surface area contributed by atoms with Crippen LogP contribution in [0.25, 0.3) is 10.9 Å². The van der Waals surface area contributed by atoms with E-state index in [0.29, 0.717) is 12.0 Å². The summed E-state index contributed by atoms with van der Waals surface area (Å²) in [5.41, 5.74) is 4.19. The number of nitrogens with one attached hydrogen (secondary N) is 1. The van der Waals surface area contributed by atoms with Gasteiger partial charge in [-0.25, -0.2) is 0 Å². The highest BCUT2D eigenvalue weighted by atomic mass is 16.3. The van der Waals surface area contributed by atoms with E-state index in [2.05, 4.69) is 40.7 Å². The third-order valence-electron chi connectivity index (χ3n) is 5.70. The van der Waals surface area contributed by atoms with Gasteiger partial charge in [-0.1, -0.05) is 24.3 Å². The summed E-state index contributed by atoms with van der Waals surface area (Å²) in [7, 11) is 0. The van der Waals surface area contributed by atoms with Gasteiger partial charge in [-0.3, -0.25) is 4.90 Å². The van der Waals surface area contributed by atoms with E-state index in [9.17, 15) is 5.11 Å². The van der Waals surface area contributed by atoms with Crippen molar-refractivity contribution in [2.75, 3.05) is 19.7 Å². The second-order valence-corrected chi connectivity index (χ2v) is 6.73. The number of piperidine rings is 1. The van der Waals surface area contributed by atoms with Crippen LogP contribution in [-0.2, 0) is 6.42 Å². The van der Waals surface area contributed by atoms with Crippen molar-refractivity contribution >= 4 is 10.9 Å². The monoisotopic (exact) mass is 296 g/mol. The van der Waals surface area contributed by atoms with Crippen molar-refractivity contribution in [2.45, 2.75) is 25.3 Å². The number of para-hydroxylation sites is 1. The fraction of sp³-hybridized carbons (Fsp3) is 0.474. The molecule has 3 nitrogen and oxygen atoms in total. The number of aliphatic hydroxyl groups excluding tert-OH is 1. The van der Waals surface area contributed by atoms with Crippen LogP contribution in [0.2, 0.25) is 0 Å². The molecule has 0 unspecified atom stereocenters. The molecule has 1 aromatic heterocycles. The van der Waals surface area contributed by atoms with Gasteiger partial charge < -0.3 is 10.1 Å². The largest absolute Gasteiger partial charge is 0.396 e. The molecule has 0 radical (unpaired) electrons. The van der Waals surface area contributed by atoms with Gasteiger partial charge in [-0.15, -0.1) is 6.58 Å². The van der Waals surface area contributed by atoms with Crippen LogP contribution >= 0.6 is 0 Å². The quantitative estimate of drug-likeness (QED) is 0.853. The highest BCUT2D eigenvalue weighted by molar-refractivity contribution is 5.85. The van der Waals surface area contributed by atoms with Crippen LogP contribution in [0.4, 0.5) is 0 Å². The Hall–Kier alpha value is -1.58. The number of fused-ring (bicyclic) bond motifs is 5. The highest BCUT2D eigenvalue weighted by Gasteiger charge is 2.37. The minimum atomic E-state index is 0.223. The second-order valence-electron chi connectivity index (χ2n) is 6.73. The van der Waals surface area contributed by atoms with Gasteiger partial charge in [0, 0.05) is 35.7 Å². The van der Waals surface area contributed by atoms with Crippen LogP contribution in [0.3, 0.4) is 0 Å². The van der Waals surface area contributed by atoms with E-state index in [1.165, 1.54) is 28.6 Å². The predicted molar refractivity (Wildman–Crippen MR) is 89.8 cm³/mol. The molecule has 0 spiro atoms. The maximum Gasteiger partial charge on any atom is 0.0504 e. The maximum atomic E-state index is 9.59. The van der Waals surface area contributed by atoms with Gasteiger partial charge in [0.15, 0.2) is 0 Å². The van der Waals surface area contributed by atoms with Crippen molar-refractivity contribution in [3.63, 3.8) is 0 Å². The number of aliphatic hydroxyl groups is 1. The van der Waals surface area contributed by atoms with Crippen LogP contribution in [0.15, 0.2) is 36.9 Å². The molecular weight excluding hydrogens is 272 g/mol. The van der Waals surface area contributed by atoms with Gasteiger partial charge in [-0.2, -0.15) is 0 Å². The van der Waals surface area contributed by atoms with Gasteiger partial charge >= 0.3 is 0 Å². The van der Waals surface area contributed by atoms with Gasteiger partial charge in [0.25, 0.3) is 0 Å². The Kier molecular flexibility index (Phi) is 3.55. The zero-order chi connectivity index (χ0) is 15.1. The highest BCUT2D eigenvalue weighted by Crippen LogP contribution is 2.42. The van der Waals surface area contributed by atoms with Gasteiger partial charge in [0.05, 0.1) is 6.04 Å². The van der Waals surface area contributed by atoms with Crippen LogP contribution in [0, 0.1) is 11.8 Å². The summed E-state index contributed by atoms with van der Waals surface area (Å²) >= 11 is 0. The Morgan fingerprint density at radius 1 is 1.36 bits per heavy atom.